The van der Waals surface area contributed by atoms with Crippen molar-refractivity contribution in [2.45, 2.75) is 31.3 Å². The molecule has 5 rings (SSSR count). The molecule has 2 aliphatic rings. The van der Waals surface area contributed by atoms with Crippen LogP contribution in [0.4, 0.5) is 11.4 Å². The molecule has 3 aromatic rings. The van der Waals surface area contributed by atoms with E-state index in [4.69, 9.17) is 0 Å². The van der Waals surface area contributed by atoms with Crippen LogP contribution in [0.15, 0.2) is 84.9 Å². The molecule has 0 saturated heterocycles. The molecule has 1 amide bonds. The second-order valence-corrected chi connectivity index (χ2v) is 8.70. The molecular weight excluding hydrogens is 414 g/mol. The third-order valence-corrected chi connectivity index (χ3v) is 6.73. The number of rotatable bonds is 5. The summed E-state index contributed by atoms with van der Waals surface area (Å²) in [4.78, 5) is 24.3. The van der Waals surface area contributed by atoms with Crippen LogP contribution in [0.25, 0.3) is 0 Å². The van der Waals surface area contributed by atoms with Gasteiger partial charge in [-0.05, 0) is 42.0 Å². The van der Waals surface area contributed by atoms with Crippen molar-refractivity contribution in [2.75, 3.05) is 5.32 Å². The summed E-state index contributed by atoms with van der Waals surface area (Å²) in [5.41, 5.74) is 4.46. The molecule has 1 aliphatic carbocycles. The number of nitro groups is 1. The minimum Gasteiger partial charge on any atom is -0.377 e. The van der Waals surface area contributed by atoms with E-state index in [1.54, 1.807) is 12.1 Å². The van der Waals surface area contributed by atoms with Crippen LogP contribution in [0.2, 0.25) is 0 Å². The highest BCUT2D eigenvalue weighted by Crippen LogP contribution is 2.50. The quantitative estimate of drug-likeness (QED) is 0.294. The predicted octanol–water partition coefficient (Wildman–Crippen LogP) is 5.91. The van der Waals surface area contributed by atoms with Gasteiger partial charge in [-0.3, -0.25) is 14.9 Å². The summed E-state index contributed by atoms with van der Waals surface area (Å²) in [5.74, 6) is 0.250. The molecule has 0 aromatic heterocycles. The molecule has 0 radical (unpaired) electrons. The number of benzene rings is 3. The van der Waals surface area contributed by atoms with E-state index in [2.05, 4.69) is 28.9 Å². The van der Waals surface area contributed by atoms with Crippen molar-refractivity contribution in [1.29, 1.82) is 0 Å². The Bertz CT molecular complexity index is 1240. The minimum atomic E-state index is -0.367. The van der Waals surface area contributed by atoms with Gasteiger partial charge in [0.1, 0.15) is 0 Å². The van der Waals surface area contributed by atoms with Gasteiger partial charge in [-0.25, -0.2) is 0 Å². The van der Waals surface area contributed by atoms with Crippen LogP contribution in [0.3, 0.4) is 0 Å². The number of non-ortho nitro benzene ring substituents is 1. The fraction of sp³-hybridized carbons (Fsp3) is 0.222. The smallest absolute Gasteiger partial charge is 0.269 e. The van der Waals surface area contributed by atoms with Gasteiger partial charge in [-0.1, -0.05) is 66.7 Å². The van der Waals surface area contributed by atoms with Crippen LogP contribution in [0.5, 0.6) is 0 Å². The summed E-state index contributed by atoms with van der Waals surface area (Å²) in [6.45, 7) is 1.97. The zero-order valence-electron chi connectivity index (χ0n) is 18.3. The fourth-order valence-electron chi connectivity index (χ4n) is 5.07. The second kappa shape index (κ2) is 8.54. The van der Waals surface area contributed by atoms with Gasteiger partial charge in [0.05, 0.1) is 28.3 Å². The lowest BCUT2D eigenvalue weighted by molar-refractivity contribution is -0.384. The molecule has 0 fully saturated rings. The zero-order valence-corrected chi connectivity index (χ0v) is 18.3. The number of nitro benzene ring substituents is 1. The van der Waals surface area contributed by atoms with E-state index in [0.29, 0.717) is 5.56 Å². The normalized spacial score (nSPS) is 21.4. The van der Waals surface area contributed by atoms with Crippen LogP contribution in [0, 0.1) is 16.0 Å². The number of amides is 1. The zero-order chi connectivity index (χ0) is 22.9. The van der Waals surface area contributed by atoms with Crippen LogP contribution < -0.4 is 10.6 Å². The maximum absolute atomic E-state index is 13.3. The molecule has 6 nitrogen and oxygen atoms in total. The first kappa shape index (κ1) is 20.9. The van der Waals surface area contributed by atoms with Gasteiger partial charge in [-0.2, -0.15) is 0 Å². The Balaban J connectivity index is 1.50. The maximum Gasteiger partial charge on any atom is 0.269 e. The molecule has 1 heterocycles. The fourth-order valence-corrected chi connectivity index (χ4v) is 5.07. The van der Waals surface area contributed by atoms with Crippen molar-refractivity contribution < 1.29 is 9.72 Å². The lowest BCUT2D eigenvalue weighted by atomic mass is 9.76. The second-order valence-electron chi connectivity index (χ2n) is 8.70. The van der Waals surface area contributed by atoms with E-state index in [1.165, 1.54) is 6.07 Å². The van der Waals surface area contributed by atoms with Crippen molar-refractivity contribution in [3.05, 3.63) is 117 Å². The van der Waals surface area contributed by atoms with Gasteiger partial charge < -0.3 is 10.6 Å². The average molecular weight is 440 g/mol. The molecule has 0 spiro atoms. The average Bonchev–Trinajstić information content (AvgIpc) is 3.34. The van der Waals surface area contributed by atoms with Crippen molar-refractivity contribution in [2.24, 2.45) is 5.92 Å². The largest absolute Gasteiger partial charge is 0.377 e. The Labute approximate surface area is 192 Å². The van der Waals surface area contributed by atoms with Gasteiger partial charge in [-0.15, -0.1) is 0 Å². The molecule has 6 heteroatoms. The van der Waals surface area contributed by atoms with E-state index >= 15 is 0 Å². The molecule has 166 valence electrons. The first-order valence-corrected chi connectivity index (χ1v) is 11.2. The number of para-hydroxylation sites is 1. The van der Waals surface area contributed by atoms with E-state index in [1.807, 2.05) is 55.5 Å². The Morgan fingerprint density at radius 1 is 1.09 bits per heavy atom. The highest BCUT2D eigenvalue weighted by molar-refractivity contribution is 6.01. The van der Waals surface area contributed by atoms with E-state index in [9.17, 15) is 14.9 Å². The number of nitrogens with one attached hydrogen (secondary N) is 2. The SMILES string of the molecule is CC(NC(=O)c1cccc2c1NC(c1cccc([N+](=O)[O-])c1)C1CC=CC21)c1ccccc1. The first-order valence-electron chi connectivity index (χ1n) is 11.2. The van der Waals surface area contributed by atoms with Gasteiger partial charge in [0.25, 0.3) is 11.6 Å². The molecule has 33 heavy (non-hydrogen) atoms. The molecule has 0 saturated carbocycles. The van der Waals surface area contributed by atoms with Crippen molar-refractivity contribution in [3.8, 4) is 0 Å². The Morgan fingerprint density at radius 2 is 1.88 bits per heavy atom. The summed E-state index contributed by atoms with van der Waals surface area (Å²) in [6, 6.07) is 22.2. The van der Waals surface area contributed by atoms with Crippen LogP contribution in [-0.4, -0.2) is 10.8 Å². The molecule has 0 bridgehead atoms. The lowest BCUT2D eigenvalue weighted by Crippen LogP contribution is -2.33. The van der Waals surface area contributed by atoms with Crippen LogP contribution >= 0.6 is 0 Å². The maximum atomic E-state index is 13.3. The molecular formula is C27H25N3O3. The Morgan fingerprint density at radius 3 is 2.67 bits per heavy atom. The van der Waals surface area contributed by atoms with Gasteiger partial charge in [0, 0.05) is 18.1 Å². The minimum absolute atomic E-state index is 0.0744. The van der Waals surface area contributed by atoms with Crippen LogP contribution in [-0.2, 0) is 0 Å². The summed E-state index contributed by atoms with van der Waals surface area (Å²) < 4.78 is 0. The molecule has 4 unspecified atom stereocenters. The number of hydrogen-bond acceptors (Lipinski definition) is 4. The summed E-state index contributed by atoms with van der Waals surface area (Å²) in [7, 11) is 0. The van der Waals surface area contributed by atoms with E-state index in [-0.39, 0.29) is 40.4 Å². The van der Waals surface area contributed by atoms with Crippen molar-refractivity contribution >= 4 is 17.3 Å². The summed E-state index contributed by atoms with van der Waals surface area (Å²) >= 11 is 0. The number of nitrogens with zero attached hydrogens (tertiary/aromatic N) is 1. The first-order chi connectivity index (χ1) is 16.0. The number of carbonyl (C=O) groups is 1. The number of fused-ring (bicyclic) bond motifs is 3. The standard InChI is InChI=1S/C27H25N3O3/c1-17(18-8-3-2-4-9-18)28-27(31)24-15-7-14-23-21-12-6-13-22(21)25(29-26(23)24)19-10-5-11-20(16-19)30(32)33/h2-12,14-17,21-22,25,29H,13H2,1H3,(H,28,31). The lowest BCUT2D eigenvalue weighted by Gasteiger charge is -2.38. The number of allylic oxidation sites excluding steroid dienone is 2. The van der Waals surface area contributed by atoms with E-state index in [0.717, 1.165) is 28.8 Å². The van der Waals surface area contributed by atoms with E-state index < -0.39 is 0 Å². The van der Waals surface area contributed by atoms with Crippen molar-refractivity contribution in [1.82, 2.24) is 5.32 Å². The molecule has 2 N–H and O–H groups in total. The summed E-state index contributed by atoms with van der Waals surface area (Å²) in [6.07, 6.45) is 5.25. The topological polar surface area (TPSA) is 84.3 Å². The Hall–Kier alpha value is -3.93. The number of hydrogen-bond donors (Lipinski definition) is 2. The molecule has 1 aliphatic heterocycles. The Kier molecular flexibility index (Phi) is 5.42. The molecule has 4 atom stereocenters. The molecule has 3 aromatic carbocycles. The van der Waals surface area contributed by atoms with Gasteiger partial charge in [0.15, 0.2) is 0 Å². The summed E-state index contributed by atoms with van der Waals surface area (Å²) in [5, 5.41) is 18.0. The van der Waals surface area contributed by atoms with Gasteiger partial charge >= 0.3 is 0 Å². The van der Waals surface area contributed by atoms with Gasteiger partial charge in [0.2, 0.25) is 0 Å². The number of carbonyl (C=O) groups excluding carboxylic acids is 1. The van der Waals surface area contributed by atoms with Crippen LogP contribution in [0.1, 0.15) is 58.4 Å². The number of anilines is 1. The third-order valence-electron chi connectivity index (χ3n) is 6.73. The highest BCUT2D eigenvalue weighted by atomic mass is 16.6. The monoisotopic (exact) mass is 439 g/mol. The predicted molar refractivity (Wildman–Crippen MR) is 128 cm³/mol. The van der Waals surface area contributed by atoms with Crippen molar-refractivity contribution in [3.63, 3.8) is 0 Å². The highest BCUT2D eigenvalue weighted by Gasteiger charge is 2.39. The third kappa shape index (κ3) is 3.89.